The van der Waals surface area contributed by atoms with Crippen LogP contribution in [0, 0.1) is 5.92 Å². The standard InChI is InChI=1S/C23H28Cl2N2O3/c1-15(2)13-26-23(29)16(3)27(14-18-6-5-7-19(10-18)30-4)22(28)12-17-8-9-20(24)21(25)11-17/h5-11,15-16H,12-14H2,1-4H3,(H,26,29)/t16-/m0/s1. The summed E-state index contributed by atoms with van der Waals surface area (Å²) in [5, 5.41) is 3.74. The molecule has 2 amide bonds. The molecule has 7 heteroatoms. The van der Waals surface area contributed by atoms with Crippen LogP contribution in [0.15, 0.2) is 42.5 Å². The Bertz CT molecular complexity index is 887. The molecule has 5 nitrogen and oxygen atoms in total. The lowest BCUT2D eigenvalue weighted by Crippen LogP contribution is -2.48. The van der Waals surface area contributed by atoms with E-state index in [-0.39, 0.29) is 24.8 Å². The average molecular weight is 451 g/mol. The van der Waals surface area contributed by atoms with Crippen LogP contribution in [0.25, 0.3) is 0 Å². The molecule has 0 saturated carbocycles. The first-order chi connectivity index (χ1) is 14.2. The van der Waals surface area contributed by atoms with E-state index in [2.05, 4.69) is 5.32 Å². The van der Waals surface area contributed by atoms with Crippen molar-refractivity contribution < 1.29 is 14.3 Å². The van der Waals surface area contributed by atoms with Crippen LogP contribution in [0.4, 0.5) is 0 Å². The van der Waals surface area contributed by atoms with Gasteiger partial charge in [-0.25, -0.2) is 0 Å². The molecular formula is C23H28Cl2N2O3. The fourth-order valence-electron chi connectivity index (χ4n) is 2.93. The van der Waals surface area contributed by atoms with Crippen LogP contribution < -0.4 is 10.1 Å². The van der Waals surface area contributed by atoms with Gasteiger partial charge in [0.15, 0.2) is 0 Å². The SMILES string of the molecule is COc1cccc(CN(C(=O)Cc2ccc(Cl)c(Cl)c2)[C@@H](C)C(=O)NCC(C)C)c1. The molecule has 0 aliphatic rings. The predicted octanol–water partition coefficient (Wildman–Crippen LogP) is 4.73. The largest absolute Gasteiger partial charge is 0.497 e. The van der Waals surface area contributed by atoms with E-state index in [1.54, 1.807) is 37.1 Å². The van der Waals surface area contributed by atoms with Gasteiger partial charge >= 0.3 is 0 Å². The maximum absolute atomic E-state index is 13.2. The van der Waals surface area contributed by atoms with Crippen LogP contribution in [0.2, 0.25) is 10.0 Å². The van der Waals surface area contributed by atoms with Crippen LogP contribution >= 0.6 is 23.2 Å². The van der Waals surface area contributed by atoms with Gasteiger partial charge < -0.3 is 15.0 Å². The molecule has 0 unspecified atom stereocenters. The Morgan fingerprint density at radius 2 is 1.77 bits per heavy atom. The second kappa shape index (κ2) is 11.2. The van der Waals surface area contributed by atoms with Crippen molar-refractivity contribution in [1.29, 1.82) is 0 Å². The molecule has 0 aliphatic heterocycles. The van der Waals surface area contributed by atoms with E-state index in [1.807, 2.05) is 38.1 Å². The fourth-order valence-corrected chi connectivity index (χ4v) is 3.25. The molecule has 0 saturated heterocycles. The smallest absolute Gasteiger partial charge is 0.242 e. The molecule has 2 rings (SSSR count). The zero-order valence-corrected chi connectivity index (χ0v) is 19.3. The van der Waals surface area contributed by atoms with Gasteiger partial charge in [0.05, 0.1) is 23.6 Å². The van der Waals surface area contributed by atoms with E-state index < -0.39 is 6.04 Å². The number of amides is 2. The minimum absolute atomic E-state index is 0.114. The minimum Gasteiger partial charge on any atom is -0.497 e. The van der Waals surface area contributed by atoms with Gasteiger partial charge in [-0.3, -0.25) is 9.59 Å². The highest BCUT2D eigenvalue weighted by molar-refractivity contribution is 6.42. The summed E-state index contributed by atoms with van der Waals surface area (Å²) in [4.78, 5) is 27.5. The highest BCUT2D eigenvalue weighted by atomic mass is 35.5. The zero-order valence-electron chi connectivity index (χ0n) is 17.7. The zero-order chi connectivity index (χ0) is 22.3. The van der Waals surface area contributed by atoms with E-state index >= 15 is 0 Å². The Kier molecular flexibility index (Phi) is 9.00. The summed E-state index contributed by atoms with van der Waals surface area (Å²) in [6, 6.07) is 11.9. The number of hydrogen-bond donors (Lipinski definition) is 1. The van der Waals surface area contributed by atoms with Gasteiger partial charge in [0.1, 0.15) is 11.8 Å². The highest BCUT2D eigenvalue weighted by Gasteiger charge is 2.26. The number of rotatable bonds is 9. The number of carbonyl (C=O) groups excluding carboxylic acids is 2. The molecule has 0 aromatic heterocycles. The third-order valence-corrected chi connectivity index (χ3v) is 5.42. The number of ether oxygens (including phenoxy) is 1. The first-order valence-electron chi connectivity index (χ1n) is 9.85. The number of methoxy groups -OCH3 is 1. The van der Waals surface area contributed by atoms with Crippen molar-refractivity contribution in [2.75, 3.05) is 13.7 Å². The molecular weight excluding hydrogens is 423 g/mol. The maximum atomic E-state index is 13.2. The van der Waals surface area contributed by atoms with Gasteiger partial charge in [-0.15, -0.1) is 0 Å². The van der Waals surface area contributed by atoms with Crippen molar-refractivity contribution in [3.8, 4) is 5.75 Å². The van der Waals surface area contributed by atoms with Crippen LogP contribution in [-0.2, 0) is 22.6 Å². The molecule has 2 aromatic carbocycles. The Hall–Kier alpha value is -2.24. The average Bonchev–Trinajstić information content (AvgIpc) is 2.72. The van der Waals surface area contributed by atoms with Crippen LogP contribution in [0.5, 0.6) is 5.75 Å². The molecule has 1 N–H and O–H groups in total. The number of nitrogens with zero attached hydrogens (tertiary/aromatic N) is 1. The monoisotopic (exact) mass is 450 g/mol. The lowest BCUT2D eigenvalue weighted by atomic mass is 10.1. The number of halogens is 2. The van der Waals surface area contributed by atoms with Gasteiger partial charge in [0.25, 0.3) is 0 Å². The number of carbonyl (C=O) groups is 2. The third kappa shape index (κ3) is 6.92. The molecule has 0 aliphatic carbocycles. The maximum Gasteiger partial charge on any atom is 0.242 e. The summed E-state index contributed by atoms with van der Waals surface area (Å²) in [5.74, 6) is 0.652. The van der Waals surface area contributed by atoms with Gasteiger partial charge in [0.2, 0.25) is 11.8 Å². The number of nitrogens with one attached hydrogen (secondary N) is 1. The van der Waals surface area contributed by atoms with Crippen LogP contribution in [0.3, 0.4) is 0 Å². The summed E-state index contributed by atoms with van der Waals surface area (Å²) in [6.07, 6.45) is 0.114. The van der Waals surface area contributed by atoms with Crippen molar-refractivity contribution in [2.45, 2.75) is 39.8 Å². The summed E-state index contributed by atoms with van der Waals surface area (Å²) in [6.45, 7) is 6.62. The number of benzene rings is 2. The Morgan fingerprint density at radius 1 is 1.03 bits per heavy atom. The van der Waals surface area contributed by atoms with Crippen molar-refractivity contribution in [1.82, 2.24) is 10.2 Å². The molecule has 0 bridgehead atoms. The van der Waals surface area contributed by atoms with E-state index in [0.29, 0.717) is 28.3 Å². The van der Waals surface area contributed by atoms with Gasteiger partial charge in [-0.05, 0) is 48.2 Å². The highest BCUT2D eigenvalue weighted by Crippen LogP contribution is 2.23. The Balaban J connectivity index is 2.24. The molecule has 162 valence electrons. The summed E-state index contributed by atoms with van der Waals surface area (Å²) in [5.41, 5.74) is 1.61. The van der Waals surface area contributed by atoms with Gasteiger partial charge in [-0.2, -0.15) is 0 Å². The van der Waals surface area contributed by atoms with E-state index in [1.165, 1.54) is 0 Å². The molecule has 2 aromatic rings. The van der Waals surface area contributed by atoms with Gasteiger partial charge in [-0.1, -0.05) is 55.2 Å². The molecule has 0 spiro atoms. The topological polar surface area (TPSA) is 58.6 Å². The van der Waals surface area contributed by atoms with Crippen molar-refractivity contribution in [3.05, 3.63) is 63.6 Å². The quantitative estimate of drug-likeness (QED) is 0.600. The Morgan fingerprint density at radius 3 is 2.40 bits per heavy atom. The molecule has 0 fully saturated rings. The van der Waals surface area contributed by atoms with Crippen molar-refractivity contribution in [3.63, 3.8) is 0 Å². The third-order valence-electron chi connectivity index (χ3n) is 4.68. The van der Waals surface area contributed by atoms with Crippen molar-refractivity contribution in [2.24, 2.45) is 5.92 Å². The first-order valence-corrected chi connectivity index (χ1v) is 10.6. The van der Waals surface area contributed by atoms with E-state index in [4.69, 9.17) is 27.9 Å². The normalized spacial score (nSPS) is 11.8. The minimum atomic E-state index is -0.634. The molecule has 0 radical (unpaired) electrons. The second-order valence-corrected chi connectivity index (χ2v) is 8.43. The lowest BCUT2D eigenvalue weighted by Gasteiger charge is -2.29. The van der Waals surface area contributed by atoms with Crippen molar-refractivity contribution >= 4 is 35.0 Å². The molecule has 30 heavy (non-hydrogen) atoms. The summed E-state index contributed by atoms with van der Waals surface area (Å²) in [7, 11) is 1.59. The molecule has 0 heterocycles. The fraction of sp³-hybridized carbons (Fsp3) is 0.391. The second-order valence-electron chi connectivity index (χ2n) is 7.61. The number of hydrogen-bond acceptors (Lipinski definition) is 3. The first kappa shape index (κ1) is 24.0. The van der Waals surface area contributed by atoms with Crippen LogP contribution in [-0.4, -0.2) is 36.4 Å². The summed E-state index contributed by atoms with van der Waals surface area (Å²) >= 11 is 12.1. The van der Waals surface area contributed by atoms with Gasteiger partial charge in [0, 0.05) is 13.1 Å². The summed E-state index contributed by atoms with van der Waals surface area (Å²) < 4.78 is 5.28. The predicted molar refractivity (Wildman–Crippen MR) is 121 cm³/mol. The molecule has 1 atom stereocenters. The van der Waals surface area contributed by atoms with Crippen LogP contribution in [0.1, 0.15) is 31.9 Å². The van der Waals surface area contributed by atoms with E-state index in [9.17, 15) is 9.59 Å². The Labute approximate surface area is 188 Å². The lowest BCUT2D eigenvalue weighted by molar-refractivity contribution is -0.140. The van der Waals surface area contributed by atoms with E-state index in [0.717, 1.165) is 11.1 Å².